The molecular formula is C14H18N2O5. The molecule has 0 heterocycles. The van der Waals surface area contributed by atoms with Crippen molar-refractivity contribution < 1.29 is 23.9 Å². The second kappa shape index (κ2) is 7.49. The first kappa shape index (κ1) is 16.8. The third-order valence-corrected chi connectivity index (χ3v) is 2.96. The van der Waals surface area contributed by atoms with E-state index in [2.05, 4.69) is 4.74 Å². The summed E-state index contributed by atoms with van der Waals surface area (Å²) in [6.07, 6.45) is 3.47. The molecule has 7 heteroatoms. The van der Waals surface area contributed by atoms with Crippen molar-refractivity contribution in [1.82, 2.24) is 4.90 Å². The van der Waals surface area contributed by atoms with Crippen LogP contribution >= 0.6 is 0 Å². The molecule has 1 aliphatic carbocycles. The highest BCUT2D eigenvalue weighted by atomic mass is 16.5. The normalized spacial score (nSPS) is 15.5. The van der Waals surface area contributed by atoms with E-state index in [1.54, 1.807) is 0 Å². The number of hydrogen-bond acceptors (Lipinski definition) is 6. The number of likely N-dealkylation sites (N-methyl/N-ethyl adjacent to an activating group) is 1. The van der Waals surface area contributed by atoms with Gasteiger partial charge in [-0.3, -0.25) is 19.2 Å². The Labute approximate surface area is 122 Å². The van der Waals surface area contributed by atoms with Crippen LogP contribution in [0.5, 0.6) is 0 Å². The van der Waals surface area contributed by atoms with E-state index in [1.807, 2.05) is 0 Å². The molecule has 1 rings (SSSR count). The summed E-state index contributed by atoms with van der Waals surface area (Å²) in [5, 5.41) is 0. The minimum absolute atomic E-state index is 0.0265. The average molecular weight is 294 g/mol. The van der Waals surface area contributed by atoms with Crippen LogP contribution in [-0.4, -0.2) is 55.1 Å². The van der Waals surface area contributed by atoms with Gasteiger partial charge >= 0.3 is 5.97 Å². The van der Waals surface area contributed by atoms with Crippen LogP contribution in [0.1, 0.15) is 12.8 Å². The third-order valence-electron chi connectivity index (χ3n) is 2.96. The lowest BCUT2D eigenvalue weighted by molar-refractivity contribution is -0.141. The van der Waals surface area contributed by atoms with Crippen molar-refractivity contribution >= 4 is 23.4 Å². The number of ether oxygens (including phenoxy) is 1. The number of esters is 1. The molecule has 0 aliphatic heterocycles. The van der Waals surface area contributed by atoms with Crippen molar-refractivity contribution in [3.05, 3.63) is 23.8 Å². The number of rotatable bonds is 6. The Morgan fingerprint density at radius 1 is 1.29 bits per heavy atom. The fourth-order valence-corrected chi connectivity index (χ4v) is 1.77. The number of hydrogen-bond donors (Lipinski definition) is 1. The zero-order chi connectivity index (χ0) is 16.0. The first-order valence-electron chi connectivity index (χ1n) is 6.36. The molecule has 114 valence electrons. The van der Waals surface area contributed by atoms with Crippen LogP contribution in [0.3, 0.4) is 0 Å². The molecule has 21 heavy (non-hydrogen) atoms. The third kappa shape index (κ3) is 5.31. The molecule has 1 amide bonds. The molecule has 0 saturated heterocycles. The van der Waals surface area contributed by atoms with E-state index >= 15 is 0 Å². The van der Waals surface area contributed by atoms with E-state index in [4.69, 9.17) is 5.73 Å². The van der Waals surface area contributed by atoms with Gasteiger partial charge in [0.2, 0.25) is 5.91 Å². The number of carbonyl (C=O) groups is 4. The Bertz CT molecular complexity index is 521. The van der Waals surface area contributed by atoms with Crippen LogP contribution in [0.2, 0.25) is 0 Å². The number of nitrogens with zero attached hydrogens (tertiary/aromatic N) is 1. The maximum absolute atomic E-state index is 11.9. The van der Waals surface area contributed by atoms with Gasteiger partial charge in [0, 0.05) is 31.6 Å². The fraction of sp³-hybridized carbons (Fsp3) is 0.429. The fourth-order valence-electron chi connectivity index (χ4n) is 1.77. The van der Waals surface area contributed by atoms with E-state index < -0.39 is 12.0 Å². The topological polar surface area (TPSA) is 107 Å². The molecule has 0 bridgehead atoms. The summed E-state index contributed by atoms with van der Waals surface area (Å²) in [5.41, 5.74) is 5.93. The van der Waals surface area contributed by atoms with Crippen LogP contribution in [0.15, 0.2) is 23.8 Å². The number of carbonyl (C=O) groups excluding carboxylic acids is 4. The Morgan fingerprint density at radius 2 is 1.95 bits per heavy atom. The molecule has 7 nitrogen and oxygen atoms in total. The molecule has 1 atom stereocenters. The molecular weight excluding hydrogens is 276 g/mol. The number of allylic oxidation sites excluding steroid dienone is 3. The van der Waals surface area contributed by atoms with Crippen molar-refractivity contribution in [2.24, 2.45) is 5.73 Å². The van der Waals surface area contributed by atoms with Crippen LogP contribution in [0.4, 0.5) is 0 Å². The van der Waals surface area contributed by atoms with Gasteiger partial charge in [0.15, 0.2) is 11.6 Å². The van der Waals surface area contributed by atoms with Gasteiger partial charge < -0.3 is 15.4 Å². The monoisotopic (exact) mass is 294 g/mol. The van der Waals surface area contributed by atoms with Gasteiger partial charge in [-0.15, -0.1) is 0 Å². The predicted octanol–water partition coefficient (Wildman–Crippen LogP) is -0.640. The summed E-state index contributed by atoms with van der Waals surface area (Å²) in [4.78, 5) is 47.1. The first-order valence-corrected chi connectivity index (χ1v) is 6.36. The maximum atomic E-state index is 11.9. The van der Waals surface area contributed by atoms with E-state index in [9.17, 15) is 19.2 Å². The molecule has 0 aromatic carbocycles. The number of amides is 1. The largest absolute Gasteiger partial charge is 0.469 e. The molecule has 0 spiro atoms. The summed E-state index contributed by atoms with van der Waals surface area (Å²) in [6.45, 7) is 0.0265. The maximum Gasteiger partial charge on any atom is 0.307 e. The molecule has 2 N–H and O–H groups in total. The zero-order valence-corrected chi connectivity index (χ0v) is 12.0. The zero-order valence-electron chi connectivity index (χ0n) is 12.0. The Morgan fingerprint density at radius 3 is 2.57 bits per heavy atom. The summed E-state index contributed by atoms with van der Waals surface area (Å²) < 4.78 is 4.47. The number of ketones is 2. The quantitative estimate of drug-likeness (QED) is 0.516. The number of methoxy groups -OCH3 is 1. The second-order valence-electron chi connectivity index (χ2n) is 4.76. The lowest BCUT2D eigenvalue weighted by Crippen LogP contribution is -2.36. The van der Waals surface area contributed by atoms with Gasteiger partial charge in [-0.25, -0.2) is 0 Å². The smallest absolute Gasteiger partial charge is 0.307 e. The molecule has 0 unspecified atom stereocenters. The highest BCUT2D eigenvalue weighted by molar-refractivity contribution is 6.17. The molecule has 0 fully saturated rings. The molecule has 0 radical (unpaired) electrons. The SMILES string of the molecule is COC(=O)C[C@@H](N)CC(=O)N(C)CC1=CC(=O)C=CC1=O. The van der Waals surface area contributed by atoms with Crippen LogP contribution in [0, 0.1) is 0 Å². The molecule has 0 saturated carbocycles. The first-order chi connectivity index (χ1) is 9.83. The standard InChI is InChI=1S/C14H18N2O5/c1-16(8-9-5-11(17)3-4-12(9)18)13(19)6-10(15)7-14(20)21-2/h3-5,10H,6-8,15H2,1-2H3/t10-/m0/s1. The summed E-state index contributed by atoms with van der Waals surface area (Å²) in [7, 11) is 2.75. The van der Waals surface area contributed by atoms with Crippen molar-refractivity contribution in [1.29, 1.82) is 0 Å². The second-order valence-corrected chi connectivity index (χ2v) is 4.76. The van der Waals surface area contributed by atoms with Gasteiger partial charge in [0.1, 0.15) is 0 Å². The average Bonchev–Trinajstić information content (AvgIpc) is 2.42. The predicted molar refractivity (Wildman–Crippen MR) is 74.1 cm³/mol. The van der Waals surface area contributed by atoms with Gasteiger partial charge in [-0.1, -0.05) is 0 Å². The van der Waals surface area contributed by atoms with Gasteiger partial charge in [-0.05, 0) is 18.2 Å². The van der Waals surface area contributed by atoms with Crippen molar-refractivity contribution in [3.63, 3.8) is 0 Å². The summed E-state index contributed by atoms with van der Waals surface area (Å²) >= 11 is 0. The molecule has 0 aromatic rings. The highest BCUT2D eigenvalue weighted by Gasteiger charge is 2.20. The van der Waals surface area contributed by atoms with Crippen molar-refractivity contribution in [2.45, 2.75) is 18.9 Å². The van der Waals surface area contributed by atoms with Gasteiger partial charge in [0.25, 0.3) is 0 Å². The Hall–Kier alpha value is -2.28. The lowest BCUT2D eigenvalue weighted by atomic mass is 10.0. The minimum Gasteiger partial charge on any atom is -0.469 e. The van der Waals surface area contributed by atoms with Crippen LogP contribution in [0.25, 0.3) is 0 Å². The molecule has 1 aliphatic rings. The van der Waals surface area contributed by atoms with Crippen LogP contribution < -0.4 is 5.73 Å². The van der Waals surface area contributed by atoms with E-state index in [0.717, 1.165) is 0 Å². The number of nitrogens with two attached hydrogens (primary N) is 1. The highest BCUT2D eigenvalue weighted by Crippen LogP contribution is 2.08. The van der Waals surface area contributed by atoms with E-state index in [-0.39, 0.29) is 42.4 Å². The lowest BCUT2D eigenvalue weighted by Gasteiger charge is -2.20. The van der Waals surface area contributed by atoms with E-state index in [0.29, 0.717) is 0 Å². The summed E-state index contributed by atoms with van der Waals surface area (Å²) in [6, 6.07) is -0.648. The Kier molecular flexibility index (Phi) is 5.98. The molecule has 0 aromatic heterocycles. The van der Waals surface area contributed by atoms with Crippen molar-refractivity contribution in [2.75, 3.05) is 20.7 Å². The Balaban J connectivity index is 2.53. The van der Waals surface area contributed by atoms with E-state index in [1.165, 1.54) is 37.3 Å². The van der Waals surface area contributed by atoms with Gasteiger partial charge in [-0.2, -0.15) is 0 Å². The minimum atomic E-state index is -0.648. The van der Waals surface area contributed by atoms with Gasteiger partial charge in [0.05, 0.1) is 13.5 Å². The summed E-state index contributed by atoms with van der Waals surface area (Å²) in [5.74, 6) is -1.39. The van der Waals surface area contributed by atoms with Crippen LogP contribution in [-0.2, 0) is 23.9 Å². The van der Waals surface area contributed by atoms with Crippen molar-refractivity contribution in [3.8, 4) is 0 Å².